The van der Waals surface area contributed by atoms with Gasteiger partial charge in [0.05, 0.1) is 0 Å². The molecular formula is C16H21ClN2O2. The Morgan fingerprint density at radius 3 is 2.76 bits per heavy atom. The van der Waals surface area contributed by atoms with E-state index in [1.165, 1.54) is 12.8 Å². The number of amides is 1. The van der Waals surface area contributed by atoms with Crippen LogP contribution < -0.4 is 10.1 Å². The lowest BCUT2D eigenvalue weighted by Gasteiger charge is -2.35. The fourth-order valence-electron chi connectivity index (χ4n) is 3.35. The Kier molecular flexibility index (Phi) is 4.36. The first-order valence-electron chi connectivity index (χ1n) is 7.52. The highest BCUT2D eigenvalue weighted by Crippen LogP contribution is 2.29. The molecule has 2 bridgehead atoms. The molecule has 1 amide bonds. The zero-order valence-corrected chi connectivity index (χ0v) is 13.0. The molecule has 21 heavy (non-hydrogen) atoms. The normalized spacial score (nSPS) is 27.4. The summed E-state index contributed by atoms with van der Waals surface area (Å²) in [6, 6.07) is 8.63. The quantitative estimate of drug-likeness (QED) is 0.929. The standard InChI is InChI=1S/C16H21ClN2O2/c1-19(14-8-12-5-6-13(9-14)18-12)16(20)10-21-15-4-2-3-11(17)7-15/h2-4,7,12-14,18H,5-6,8-10H2,1H3. The molecule has 1 N–H and O–H groups in total. The molecule has 2 atom stereocenters. The Morgan fingerprint density at radius 2 is 2.10 bits per heavy atom. The van der Waals surface area contributed by atoms with Gasteiger partial charge in [-0.2, -0.15) is 0 Å². The van der Waals surface area contributed by atoms with Crippen LogP contribution in [0, 0.1) is 0 Å². The van der Waals surface area contributed by atoms with Crippen molar-refractivity contribution in [2.45, 2.75) is 43.8 Å². The second-order valence-corrected chi connectivity index (χ2v) is 6.45. The summed E-state index contributed by atoms with van der Waals surface area (Å²) in [5, 5.41) is 4.21. The van der Waals surface area contributed by atoms with Gasteiger partial charge in [-0.25, -0.2) is 0 Å². The molecule has 2 fully saturated rings. The number of halogens is 1. The average molecular weight is 309 g/mol. The highest BCUT2D eigenvalue weighted by molar-refractivity contribution is 6.30. The second-order valence-electron chi connectivity index (χ2n) is 6.01. The molecule has 1 aromatic rings. The first-order chi connectivity index (χ1) is 10.1. The number of hydrogen-bond acceptors (Lipinski definition) is 3. The lowest BCUT2D eigenvalue weighted by molar-refractivity contribution is -0.134. The van der Waals surface area contributed by atoms with Gasteiger partial charge >= 0.3 is 0 Å². The van der Waals surface area contributed by atoms with Gasteiger partial charge < -0.3 is 15.0 Å². The summed E-state index contributed by atoms with van der Waals surface area (Å²) in [4.78, 5) is 14.1. The van der Waals surface area contributed by atoms with Gasteiger partial charge in [0.2, 0.25) is 0 Å². The molecule has 5 heteroatoms. The van der Waals surface area contributed by atoms with Crippen LogP contribution in [0.3, 0.4) is 0 Å². The first kappa shape index (κ1) is 14.7. The van der Waals surface area contributed by atoms with Crippen LogP contribution >= 0.6 is 11.6 Å². The molecule has 0 spiro atoms. The lowest BCUT2D eigenvalue weighted by atomic mass is 9.98. The van der Waals surface area contributed by atoms with Crippen LogP contribution in [0.1, 0.15) is 25.7 Å². The summed E-state index contributed by atoms with van der Waals surface area (Å²) >= 11 is 5.90. The zero-order valence-electron chi connectivity index (χ0n) is 12.2. The van der Waals surface area contributed by atoms with Crippen molar-refractivity contribution in [1.29, 1.82) is 0 Å². The molecule has 114 valence electrons. The number of nitrogens with one attached hydrogen (secondary N) is 1. The van der Waals surface area contributed by atoms with E-state index in [0.717, 1.165) is 12.8 Å². The van der Waals surface area contributed by atoms with E-state index in [0.29, 0.717) is 28.9 Å². The number of hydrogen-bond donors (Lipinski definition) is 1. The van der Waals surface area contributed by atoms with E-state index in [-0.39, 0.29) is 12.5 Å². The van der Waals surface area contributed by atoms with E-state index in [1.807, 2.05) is 24.1 Å². The highest BCUT2D eigenvalue weighted by atomic mass is 35.5. The summed E-state index contributed by atoms with van der Waals surface area (Å²) in [6.07, 6.45) is 4.58. The Labute approximate surface area is 130 Å². The minimum atomic E-state index is 0.0290. The molecule has 0 saturated carbocycles. The monoisotopic (exact) mass is 308 g/mol. The summed E-state index contributed by atoms with van der Waals surface area (Å²) < 4.78 is 5.54. The third kappa shape index (κ3) is 3.50. The number of fused-ring (bicyclic) bond motifs is 2. The maximum absolute atomic E-state index is 12.3. The maximum atomic E-state index is 12.3. The molecule has 0 aliphatic carbocycles. The summed E-state index contributed by atoms with van der Waals surface area (Å²) in [6.45, 7) is 0.0656. The van der Waals surface area contributed by atoms with E-state index in [2.05, 4.69) is 5.32 Å². The molecule has 2 heterocycles. The number of rotatable bonds is 4. The van der Waals surface area contributed by atoms with Crippen LogP contribution in [0.25, 0.3) is 0 Å². The Morgan fingerprint density at radius 1 is 1.38 bits per heavy atom. The smallest absolute Gasteiger partial charge is 0.260 e. The molecule has 3 rings (SSSR count). The van der Waals surface area contributed by atoms with Gasteiger partial charge in [-0.1, -0.05) is 17.7 Å². The third-order valence-electron chi connectivity index (χ3n) is 4.55. The lowest BCUT2D eigenvalue weighted by Crippen LogP contribution is -2.49. The molecule has 2 saturated heterocycles. The molecule has 4 nitrogen and oxygen atoms in total. The van der Waals surface area contributed by atoms with E-state index < -0.39 is 0 Å². The van der Waals surface area contributed by atoms with Crippen molar-refractivity contribution in [3.05, 3.63) is 29.3 Å². The fourth-order valence-corrected chi connectivity index (χ4v) is 3.53. The summed E-state index contributed by atoms with van der Waals surface area (Å²) in [5.74, 6) is 0.663. The largest absolute Gasteiger partial charge is 0.484 e. The van der Waals surface area contributed by atoms with Gasteiger partial charge in [0, 0.05) is 30.2 Å². The van der Waals surface area contributed by atoms with Crippen molar-refractivity contribution < 1.29 is 9.53 Å². The van der Waals surface area contributed by atoms with Gasteiger partial charge in [0.1, 0.15) is 5.75 Å². The van der Waals surface area contributed by atoms with Gasteiger partial charge in [0.25, 0.3) is 5.91 Å². The summed E-state index contributed by atoms with van der Waals surface area (Å²) in [7, 11) is 1.89. The maximum Gasteiger partial charge on any atom is 0.260 e. The second kappa shape index (κ2) is 6.24. The average Bonchev–Trinajstić information content (AvgIpc) is 2.82. The molecular weight excluding hydrogens is 288 g/mol. The molecule has 0 radical (unpaired) electrons. The van der Waals surface area contributed by atoms with E-state index in [4.69, 9.17) is 16.3 Å². The van der Waals surface area contributed by atoms with Gasteiger partial charge in [0.15, 0.2) is 6.61 Å². The number of carbonyl (C=O) groups is 1. The van der Waals surface area contributed by atoms with Crippen LogP contribution in [0.5, 0.6) is 5.75 Å². The summed E-state index contributed by atoms with van der Waals surface area (Å²) in [5.41, 5.74) is 0. The number of ether oxygens (including phenoxy) is 1. The number of carbonyl (C=O) groups excluding carboxylic acids is 1. The van der Waals surface area contributed by atoms with E-state index in [1.54, 1.807) is 12.1 Å². The molecule has 1 aromatic carbocycles. The van der Waals surface area contributed by atoms with Crippen molar-refractivity contribution in [3.63, 3.8) is 0 Å². The molecule has 2 aliphatic rings. The van der Waals surface area contributed by atoms with Gasteiger partial charge in [-0.3, -0.25) is 4.79 Å². The Balaban J connectivity index is 1.53. The topological polar surface area (TPSA) is 41.6 Å². The highest BCUT2D eigenvalue weighted by Gasteiger charge is 2.36. The molecule has 2 aliphatic heterocycles. The van der Waals surface area contributed by atoms with Crippen molar-refractivity contribution in [1.82, 2.24) is 10.2 Å². The van der Waals surface area contributed by atoms with Crippen molar-refractivity contribution in [3.8, 4) is 5.75 Å². The van der Waals surface area contributed by atoms with Crippen molar-refractivity contribution in [2.75, 3.05) is 13.7 Å². The number of likely N-dealkylation sites (N-methyl/N-ethyl adjacent to an activating group) is 1. The van der Waals surface area contributed by atoms with Crippen LogP contribution in [-0.2, 0) is 4.79 Å². The van der Waals surface area contributed by atoms with Crippen molar-refractivity contribution in [2.24, 2.45) is 0 Å². The Bertz CT molecular complexity index is 511. The SMILES string of the molecule is CN(C(=O)COc1cccc(Cl)c1)C1CC2CCC(C1)N2. The predicted octanol–water partition coefficient (Wildman–Crippen LogP) is 2.46. The van der Waals surface area contributed by atoms with E-state index >= 15 is 0 Å². The minimum Gasteiger partial charge on any atom is -0.484 e. The fraction of sp³-hybridized carbons (Fsp3) is 0.562. The van der Waals surface area contributed by atoms with E-state index in [9.17, 15) is 4.79 Å². The van der Waals surface area contributed by atoms with Crippen LogP contribution in [0.2, 0.25) is 5.02 Å². The number of piperidine rings is 1. The molecule has 2 unspecified atom stereocenters. The van der Waals surface area contributed by atoms with Crippen LogP contribution in [0.4, 0.5) is 0 Å². The number of benzene rings is 1. The van der Waals surface area contributed by atoms with Crippen molar-refractivity contribution >= 4 is 17.5 Å². The first-order valence-corrected chi connectivity index (χ1v) is 7.89. The van der Waals surface area contributed by atoms with Gasteiger partial charge in [-0.15, -0.1) is 0 Å². The van der Waals surface area contributed by atoms with Crippen LogP contribution in [0.15, 0.2) is 24.3 Å². The number of nitrogens with zero attached hydrogens (tertiary/aromatic N) is 1. The van der Waals surface area contributed by atoms with Gasteiger partial charge in [-0.05, 0) is 43.9 Å². The predicted molar refractivity (Wildman–Crippen MR) is 82.7 cm³/mol. The molecule has 0 aromatic heterocycles. The zero-order chi connectivity index (χ0) is 14.8. The van der Waals surface area contributed by atoms with Crippen LogP contribution in [-0.4, -0.2) is 42.6 Å². The third-order valence-corrected chi connectivity index (χ3v) is 4.78. The Hall–Kier alpha value is -1.26. The minimum absolute atomic E-state index is 0.0290.